The van der Waals surface area contributed by atoms with Gasteiger partial charge in [-0.25, -0.2) is 0 Å². The maximum atomic E-state index is 13.4. The van der Waals surface area contributed by atoms with Crippen molar-refractivity contribution in [2.75, 3.05) is 35.7 Å². The van der Waals surface area contributed by atoms with E-state index >= 15 is 0 Å². The molecule has 2 amide bonds. The van der Waals surface area contributed by atoms with Crippen LogP contribution in [0.3, 0.4) is 0 Å². The molecule has 4 aromatic rings. The van der Waals surface area contributed by atoms with Crippen molar-refractivity contribution in [2.45, 2.75) is 58.0 Å². The Kier molecular flexibility index (Phi) is 9.75. The van der Waals surface area contributed by atoms with Crippen molar-refractivity contribution < 1.29 is 14.3 Å². The summed E-state index contributed by atoms with van der Waals surface area (Å²) in [6.07, 6.45) is 10.0. The predicted molar refractivity (Wildman–Crippen MR) is 191 cm³/mol. The predicted octanol–water partition coefficient (Wildman–Crippen LogP) is 6.88. The molecule has 9 heteroatoms. The Morgan fingerprint density at radius 2 is 1.83 bits per heavy atom. The van der Waals surface area contributed by atoms with Gasteiger partial charge in [0.1, 0.15) is 0 Å². The number of fused-ring (bicyclic) bond motifs is 1. The molecule has 0 spiro atoms. The minimum Gasteiger partial charge on any atom is -0.381 e. The number of thiophene rings is 1. The Labute approximate surface area is 280 Å². The lowest BCUT2D eigenvalue weighted by Crippen LogP contribution is -2.37. The van der Waals surface area contributed by atoms with Crippen molar-refractivity contribution in [3.8, 4) is 11.1 Å². The van der Waals surface area contributed by atoms with Crippen LogP contribution in [0.5, 0.6) is 0 Å². The highest BCUT2D eigenvalue weighted by atomic mass is 32.1. The summed E-state index contributed by atoms with van der Waals surface area (Å²) in [6, 6.07) is 15.9. The Hall–Kier alpha value is -4.47. The summed E-state index contributed by atoms with van der Waals surface area (Å²) in [6.45, 7) is 7.27. The fraction of sp³-hybridized carbons (Fsp3) is 0.342. The fourth-order valence-electron chi connectivity index (χ4n) is 6.73. The summed E-state index contributed by atoms with van der Waals surface area (Å²) in [4.78, 5) is 43.4. The van der Waals surface area contributed by atoms with Crippen LogP contribution < -0.4 is 21.1 Å². The maximum absolute atomic E-state index is 13.4. The van der Waals surface area contributed by atoms with Gasteiger partial charge < -0.3 is 24.8 Å². The standard InChI is InChI=1S/C38H42N4O4S/c1-5-36(43)39-32-20-25(13-14-33(32)42-17-15-29(46-4)16-18-42)19-27-21-28(23-41(3)38(27)45)30-10-8-11-31(24(30)2)40-37(44)35-22-26-9-6-7-12-34(26)47-35/h5,8,10-11,13-14,20-23,29H,1,6-7,9,12,15-19H2,2-4H3,(H,39,43)(H,40,44). The van der Waals surface area contributed by atoms with E-state index in [-0.39, 0.29) is 23.5 Å². The highest BCUT2D eigenvalue weighted by Gasteiger charge is 2.22. The third-order valence-corrected chi connectivity index (χ3v) is 10.6. The SMILES string of the molecule is C=CC(=O)Nc1cc(Cc2cc(-c3cccc(NC(=O)c4cc5c(s4)CCCC5)c3C)cn(C)c2=O)ccc1N1CCC(OC)CC1. The van der Waals surface area contributed by atoms with Gasteiger partial charge in [0, 0.05) is 56.0 Å². The smallest absolute Gasteiger partial charge is 0.265 e. The molecule has 244 valence electrons. The van der Waals surface area contributed by atoms with Gasteiger partial charge in [-0.05, 0) is 110 Å². The van der Waals surface area contributed by atoms with Crippen LogP contribution in [0.2, 0.25) is 0 Å². The summed E-state index contributed by atoms with van der Waals surface area (Å²) in [5.41, 5.74) is 7.93. The van der Waals surface area contributed by atoms with Crippen LogP contribution >= 0.6 is 11.3 Å². The molecular weight excluding hydrogens is 609 g/mol. The van der Waals surface area contributed by atoms with Crippen LogP contribution in [-0.2, 0) is 35.8 Å². The van der Waals surface area contributed by atoms with Gasteiger partial charge in [-0.3, -0.25) is 14.4 Å². The second kappa shape index (κ2) is 14.1. The zero-order valence-electron chi connectivity index (χ0n) is 27.4. The number of nitrogens with one attached hydrogen (secondary N) is 2. The Morgan fingerprint density at radius 3 is 2.57 bits per heavy atom. The van der Waals surface area contributed by atoms with Gasteiger partial charge in [-0.15, -0.1) is 11.3 Å². The summed E-state index contributed by atoms with van der Waals surface area (Å²) < 4.78 is 7.15. The number of aryl methyl sites for hydroxylation is 3. The molecule has 1 aliphatic heterocycles. The van der Waals surface area contributed by atoms with Crippen molar-refractivity contribution in [1.82, 2.24) is 4.57 Å². The number of amides is 2. The first-order valence-electron chi connectivity index (χ1n) is 16.3. The Morgan fingerprint density at radius 1 is 1.04 bits per heavy atom. The van der Waals surface area contributed by atoms with Crippen LogP contribution in [0.4, 0.5) is 17.1 Å². The maximum Gasteiger partial charge on any atom is 0.265 e. The molecule has 2 aromatic heterocycles. The minimum absolute atomic E-state index is 0.0834. The van der Waals surface area contributed by atoms with Gasteiger partial charge in [0.05, 0.1) is 22.4 Å². The third kappa shape index (κ3) is 7.11. The van der Waals surface area contributed by atoms with E-state index < -0.39 is 0 Å². The molecule has 1 saturated heterocycles. The number of methoxy groups -OCH3 is 1. The monoisotopic (exact) mass is 650 g/mol. The van der Waals surface area contributed by atoms with Gasteiger partial charge in [0.2, 0.25) is 5.91 Å². The van der Waals surface area contributed by atoms with E-state index in [4.69, 9.17) is 4.74 Å². The highest BCUT2D eigenvalue weighted by Crippen LogP contribution is 2.34. The molecule has 1 fully saturated rings. The number of hydrogen-bond acceptors (Lipinski definition) is 6. The number of ether oxygens (including phenoxy) is 1. The zero-order chi connectivity index (χ0) is 33.1. The van der Waals surface area contributed by atoms with Crippen molar-refractivity contribution in [2.24, 2.45) is 7.05 Å². The van der Waals surface area contributed by atoms with Crippen LogP contribution in [0.15, 0.2) is 72.2 Å². The van der Waals surface area contributed by atoms with E-state index in [1.165, 1.54) is 29.4 Å². The lowest BCUT2D eigenvalue weighted by Gasteiger charge is -2.34. The molecule has 47 heavy (non-hydrogen) atoms. The summed E-state index contributed by atoms with van der Waals surface area (Å²) in [5, 5.41) is 6.12. The first-order valence-corrected chi connectivity index (χ1v) is 17.1. The molecule has 0 unspecified atom stereocenters. The van der Waals surface area contributed by atoms with Gasteiger partial charge in [-0.1, -0.05) is 24.8 Å². The normalized spacial score (nSPS) is 14.8. The molecule has 6 rings (SSSR count). The average molecular weight is 651 g/mol. The van der Waals surface area contributed by atoms with Crippen molar-refractivity contribution in [3.63, 3.8) is 0 Å². The van der Waals surface area contributed by atoms with Gasteiger partial charge in [0.25, 0.3) is 11.5 Å². The Bertz CT molecular complexity index is 1860. The Balaban J connectivity index is 1.26. The number of piperidine rings is 1. The van der Waals surface area contributed by atoms with Crippen molar-refractivity contribution in [3.05, 3.63) is 110 Å². The average Bonchev–Trinajstić information content (AvgIpc) is 3.53. The van der Waals surface area contributed by atoms with Crippen LogP contribution in [0, 0.1) is 6.92 Å². The number of benzene rings is 2. The second-order valence-electron chi connectivity index (χ2n) is 12.5. The molecular formula is C38H42N4O4S. The van der Waals surface area contributed by atoms with E-state index in [1.54, 1.807) is 30.1 Å². The van der Waals surface area contributed by atoms with E-state index in [1.807, 2.05) is 55.6 Å². The number of aromatic nitrogens is 1. The second-order valence-corrected chi connectivity index (χ2v) is 13.6. The first-order chi connectivity index (χ1) is 22.7. The van der Waals surface area contributed by atoms with E-state index in [9.17, 15) is 14.4 Å². The van der Waals surface area contributed by atoms with Crippen LogP contribution in [0.25, 0.3) is 11.1 Å². The van der Waals surface area contributed by atoms with E-state index in [2.05, 4.69) is 28.2 Å². The first kappa shape index (κ1) is 32.5. The molecule has 2 aromatic carbocycles. The van der Waals surface area contributed by atoms with Gasteiger partial charge in [-0.2, -0.15) is 0 Å². The van der Waals surface area contributed by atoms with Gasteiger partial charge >= 0.3 is 0 Å². The number of carbonyl (C=O) groups is 2. The molecule has 8 nitrogen and oxygen atoms in total. The number of pyridine rings is 1. The molecule has 0 saturated carbocycles. The summed E-state index contributed by atoms with van der Waals surface area (Å²) in [5.74, 6) is -0.370. The number of anilines is 3. The molecule has 0 bridgehead atoms. The lowest BCUT2D eigenvalue weighted by molar-refractivity contribution is -0.111. The molecule has 2 aliphatic rings. The summed E-state index contributed by atoms with van der Waals surface area (Å²) >= 11 is 1.60. The topological polar surface area (TPSA) is 92.7 Å². The van der Waals surface area contributed by atoms with E-state index in [0.29, 0.717) is 17.7 Å². The number of rotatable bonds is 9. The molecule has 0 radical (unpaired) electrons. The minimum atomic E-state index is -0.283. The summed E-state index contributed by atoms with van der Waals surface area (Å²) in [7, 11) is 3.51. The zero-order valence-corrected chi connectivity index (χ0v) is 28.2. The fourth-order valence-corrected chi connectivity index (χ4v) is 7.88. The third-order valence-electron chi connectivity index (χ3n) is 9.39. The molecule has 0 atom stereocenters. The largest absolute Gasteiger partial charge is 0.381 e. The van der Waals surface area contributed by atoms with Crippen molar-refractivity contribution in [1.29, 1.82) is 0 Å². The van der Waals surface area contributed by atoms with Crippen LogP contribution in [0.1, 0.15) is 62.5 Å². The van der Waals surface area contributed by atoms with Gasteiger partial charge in [0.15, 0.2) is 0 Å². The lowest BCUT2D eigenvalue weighted by atomic mass is 9.97. The molecule has 3 heterocycles. The quantitative estimate of drug-likeness (QED) is 0.193. The molecule has 1 aliphatic carbocycles. The number of hydrogen-bond donors (Lipinski definition) is 2. The van der Waals surface area contributed by atoms with Crippen LogP contribution in [-0.4, -0.2) is 42.7 Å². The van der Waals surface area contributed by atoms with E-state index in [0.717, 1.165) is 77.3 Å². The number of nitrogens with zero attached hydrogens (tertiary/aromatic N) is 2. The highest BCUT2D eigenvalue weighted by molar-refractivity contribution is 7.14. The van der Waals surface area contributed by atoms with Crippen molar-refractivity contribution >= 4 is 40.2 Å². The molecule has 2 N–H and O–H groups in total. The number of carbonyl (C=O) groups excluding carboxylic acids is 2.